The zero-order valence-electron chi connectivity index (χ0n) is 19.5. The topological polar surface area (TPSA) is 151 Å². The summed E-state index contributed by atoms with van der Waals surface area (Å²) in [5.41, 5.74) is 5.73. The number of carbonyl (C=O) groups is 3. The Morgan fingerprint density at radius 3 is 2.92 bits per heavy atom. The number of nitrogens with zero attached hydrogens (tertiary/aromatic N) is 4. The standard InChI is InChI=1S/C22H24N6O5S3/c1-3-7-27-8-5-4-6-15(27)35-11-14-18(21(31)32)28-13(10-34-14)17(20(28)30)25-19(29)16(26-33-2)12-9-36-22(23)24-12/h4-6,8-9,13,17H,3,7,10-11H2,1-2H3,(H3-,23,24,25,29,31,32)/p+1. The molecular formula is C22H25N6O5S3+. The normalized spacial score (nSPS) is 19.6. The van der Waals surface area contributed by atoms with Gasteiger partial charge in [-0.05, 0) is 6.07 Å². The van der Waals surface area contributed by atoms with E-state index in [4.69, 9.17) is 10.6 Å². The molecule has 0 saturated carbocycles. The lowest BCUT2D eigenvalue weighted by Gasteiger charge is -2.49. The number of hydrogen-bond acceptors (Lipinski definition) is 10. The highest BCUT2D eigenvalue weighted by molar-refractivity contribution is 8.06. The predicted octanol–water partition coefficient (Wildman–Crippen LogP) is 1.30. The smallest absolute Gasteiger partial charge is 0.353 e. The van der Waals surface area contributed by atoms with E-state index in [-0.39, 0.29) is 22.2 Å². The van der Waals surface area contributed by atoms with Gasteiger partial charge in [0.05, 0.1) is 6.04 Å². The number of fused-ring (bicyclic) bond motifs is 1. The van der Waals surface area contributed by atoms with E-state index in [1.54, 1.807) is 5.38 Å². The molecular weight excluding hydrogens is 524 g/mol. The van der Waals surface area contributed by atoms with Gasteiger partial charge in [-0.3, -0.25) is 14.5 Å². The summed E-state index contributed by atoms with van der Waals surface area (Å²) in [4.78, 5) is 48.8. The van der Waals surface area contributed by atoms with Crippen LogP contribution in [0.1, 0.15) is 19.0 Å². The zero-order valence-corrected chi connectivity index (χ0v) is 22.0. The first-order chi connectivity index (χ1) is 17.3. The molecule has 36 heavy (non-hydrogen) atoms. The number of aryl methyl sites for hydroxylation is 1. The second-order valence-corrected chi connectivity index (χ2v) is 10.8. The van der Waals surface area contributed by atoms with E-state index in [0.29, 0.717) is 16.4 Å². The molecule has 4 rings (SSSR count). The first-order valence-corrected chi connectivity index (χ1v) is 13.9. The molecule has 4 heterocycles. The molecule has 2 unspecified atom stereocenters. The van der Waals surface area contributed by atoms with Crippen LogP contribution in [0.5, 0.6) is 0 Å². The van der Waals surface area contributed by atoms with Crippen molar-refractivity contribution in [1.29, 1.82) is 0 Å². The number of amides is 2. The third-order valence-electron chi connectivity index (χ3n) is 5.52. The van der Waals surface area contributed by atoms with E-state index in [1.807, 2.05) is 24.4 Å². The fourth-order valence-corrected chi connectivity index (χ4v) is 6.93. The van der Waals surface area contributed by atoms with Gasteiger partial charge in [0.15, 0.2) is 17.0 Å². The van der Waals surface area contributed by atoms with Crippen LogP contribution in [0, 0.1) is 0 Å². The van der Waals surface area contributed by atoms with Crippen LogP contribution in [0.4, 0.5) is 5.13 Å². The molecule has 0 spiro atoms. The molecule has 0 aromatic carbocycles. The summed E-state index contributed by atoms with van der Waals surface area (Å²) in [5, 5.41) is 19.2. The lowest BCUT2D eigenvalue weighted by Crippen LogP contribution is -2.73. The van der Waals surface area contributed by atoms with Crippen LogP contribution in [-0.2, 0) is 25.8 Å². The van der Waals surface area contributed by atoms with E-state index in [2.05, 4.69) is 26.9 Å². The molecule has 2 aliphatic heterocycles. The molecule has 11 nitrogen and oxygen atoms in total. The molecule has 1 fully saturated rings. The summed E-state index contributed by atoms with van der Waals surface area (Å²) >= 11 is 4.07. The number of pyridine rings is 1. The number of β-lactam (4-membered cyclic amide) rings is 1. The number of rotatable bonds is 10. The van der Waals surface area contributed by atoms with Gasteiger partial charge in [-0.2, -0.15) is 4.57 Å². The van der Waals surface area contributed by atoms with Gasteiger partial charge >= 0.3 is 5.97 Å². The minimum atomic E-state index is -1.17. The molecule has 0 bridgehead atoms. The summed E-state index contributed by atoms with van der Waals surface area (Å²) in [6.07, 6.45) is 2.97. The second kappa shape index (κ2) is 11.3. The minimum Gasteiger partial charge on any atom is -0.477 e. The Bertz CT molecular complexity index is 1250. The Kier molecular flexibility index (Phi) is 8.16. The average Bonchev–Trinajstić information content (AvgIpc) is 3.30. The van der Waals surface area contributed by atoms with Crippen molar-refractivity contribution in [3.05, 3.63) is 46.1 Å². The molecule has 2 atom stereocenters. The van der Waals surface area contributed by atoms with Gasteiger partial charge in [-0.25, -0.2) is 9.78 Å². The van der Waals surface area contributed by atoms with Crippen LogP contribution in [0.25, 0.3) is 0 Å². The Balaban J connectivity index is 1.49. The van der Waals surface area contributed by atoms with Crippen LogP contribution < -0.4 is 15.6 Å². The number of hydrogen-bond donors (Lipinski definition) is 3. The number of anilines is 1. The SMILES string of the molecule is CCC[n+]1ccccc1SCC1=C(C(=O)O)N2C(=O)C(NC(=O)C(=NOC)c3csc(N)n3)C2CS1. The number of nitrogens with one attached hydrogen (secondary N) is 1. The largest absolute Gasteiger partial charge is 0.477 e. The lowest BCUT2D eigenvalue weighted by molar-refractivity contribution is -0.732. The summed E-state index contributed by atoms with van der Waals surface area (Å²) < 4.78 is 2.12. The van der Waals surface area contributed by atoms with Gasteiger partial charge in [0.25, 0.3) is 11.8 Å². The van der Waals surface area contributed by atoms with Crippen LogP contribution in [0.3, 0.4) is 0 Å². The lowest BCUT2D eigenvalue weighted by atomic mass is 9.94. The van der Waals surface area contributed by atoms with Crippen LogP contribution in [0.2, 0.25) is 0 Å². The Morgan fingerprint density at radius 1 is 1.44 bits per heavy atom. The fraction of sp³-hybridized carbons (Fsp3) is 0.364. The number of thioether (sulfide) groups is 2. The molecule has 0 radical (unpaired) electrons. The third-order valence-corrected chi connectivity index (χ3v) is 8.67. The van der Waals surface area contributed by atoms with Crippen molar-refractivity contribution < 1.29 is 28.9 Å². The summed E-state index contributed by atoms with van der Waals surface area (Å²) in [6, 6.07) is 4.52. The molecule has 2 aromatic heterocycles. The Hall–Kier alpha value is -3.10. The second-order valence-electron chi connectivity index (χ2n) is 7.83. The van der Waals surface area contributed by atoms with Crippen LogP contribution in [0.15, 0.2) is 50.6 Å². The Labute approximate surface area is 219 Å². The van der Waals surface area contributed by atoms with Crippen molar-refractivity contribution in [3.63, 3.8) is 0 Å². The van der Waals surface area contributed by atoms with Crippen molar-refractivity contribution in [2.45, 2.75) is 37.0 Å². The van der Waals surface area contributed by atoms with Crippen LogP contribution in [-0.4, -0.2) is 69.2 Å². The number of carboxylic acids is 1. The van der Waals surface area contributed by atoms with Gasteiger partial charge in [-0.1, -0.05) is 23.8 Å². The molecule has 190 valence electrons. The monoisotopic (exact) mass is 549 g/mol. The quantitative estimate of drug-likeness (QED) is 0.131. The highest BCUT2D eigenvalue weighted by atomic mass is 32.2. The van der Waals surface area contributed by atoms with Gasteiger partial charge < -0.3 is 21.0 Å². The van der Waals surface area contributed by atoms with E-state index in [9.17, 15) is 19.5 Å². The number of carbonyl (C=O) groups excluding carboxylic acids is 2. The number of thiazole rings is 1. The van der Waals surface area contributed by atoms with Gasteiger partial charge in [0.1, 0.15) is 31.1 Å². The summed E-state index contributed by atoms with van der Waals surface area (Å²) in [6.45, 7) is 2.95. The first-order valence-electron chi connectivity index (χ1n) is 11.0. The maximum Gasteiger partial charge on any atom is 0.353 e. The van der Waals surface area contributed by atoms with Gasteiger partial charge in [-0.15, -0.1) is 23.1 Å². The van der Waals surface area contributed by atoms with Crippen LogP contribution >= 0.6 is 34.9 Å². The van der Waals surface area contributed by atoms with E-state index in [1.165, 1.54) is 35.5 Å². The summed E-state index contributed by atoms with van der Waals surface area (Å²) in [7, 11) is 1.29. The van der Waals surface area contributed by atoms with E-state index >= 15 is 0 Å². The van der Waals surface area contributed by atoms with Gasteiger partial charge in [0, 0.05) is 40.3 Å². The zero-order chi connectivity index (χ0) is 25.8. The molecule has 1 saturated heterocycles. The molecule has 14 heteroatoms. The van der Waals surface area contributed by atoms with E-state index < -0.39 is 29.9 Å². The summed E-state index contributed by atoms with van der Waals surface area (Å²) in [5.74, 6) is -1.44. The maximum atomic E-state index is 13.0. The third kappa shape index (κ3) is 5.20. The van der Waals surface area contributed by atoms with Crippen molar-refractivity contribution in [1.82, 2.24) is 15.2 Å². The number of aliphatic carboxylic acids is 1. The molecule has 2 aliphatic rings. The fourth-order valence-electron chi connectivity index (χ4n) is 3.93. The number of nitrogens with two attached hydrogens (primary N) is 1. The number of aromatic nitrogens is 2. The van der Waals surface area contributed by atoms with E-state index in [0.717, 1.165) is 29.3 Å². The van der Waals surface area contributed by atoms with Crippen molar-refractivity contribution in [3.8, 4) is 0 Å². The highest BCUT2D eigenvalue weighted by Gasteiger charge is 2.54. The molecule has 0 aliphatic carbocycles. The number of nitrogen functional groups attached to an aromatic ring is 1. The number of oxime groups is 1. The van der Waals surface area contributed by atoms with Crippen molar-refractivity contribution in [2.75, 3.05) is 24.3 Å². The van der Waals surface area contributed by atoms with Gasteiger partial charge in [0.2, 0.25) is 5.03 Å². The average molecular weight is 550 g/mol. The Morgan fingerprint density at radius 2 is 2.25 bits per heavy atom. The maximum absolute atomic E-state index is 13.0. The first kappa shape index (κ1) is 26.0. The van der Waals surface area contributed by atoms with Crippen molar-refractivity contribution in [2.24, 2.45) is 5.16 Å². The molecule has 4 N–H and O–H groups in total. The highest BCUT2D eigenvalue weighted by Crippen LogP contribution is 2.40. The molecule has 2 aromatic rings. The van der Waals surface area contributed by atoms with Crippen molar-refractivity contribution >= 4 is 63.5 Å². The minimum absolute atomic E-state index is 0.0321. The number of carboxylic acid groups (broad SMARTS) is 1. The predicted molar refractivity (Wildman–Crippen MR) is 137 cm³/mol. The molecule has 2 amide bonds.